The van der Waals surface area contributed by atoms with Gasteiger partial charge < -0.3 is 5.11 Å². The Morgan fingerprint density at radius 1 is 1.04 bits per heavy atom. The second kappa shape index (κ2) is 9.62. The first-order valence-electron chi connectivity index (χ1n) is 9.28. The van der Waals surface area contributed by atoms with Gasteiger partial charge in [0.1, 0.15) is 5.82 Å². The topological polar surface area (TPSA) is 26.7 Å². The van der Waals surface area contributed by atoms with Crippen LogP contribution in [0.2, 0.25) is 0 Å². The minimum absolute atomic E-state index is 0.150. The molecule has 26 heavy (non-hydrogen) atoms. The highest BCUT2D eigenvalue weighted by Gasteiger charge is 2.26. The van der Waals surface area contributed by atoms with Gasteiger partial charge in [-0.3, -0.25) is 9.80 Å². The standard InChI is InChI=1S/C22H27FN2O/c23-22-11-5-4-10-20(22)17-25-15-14-24(18-21(25)12-16-26)13-6-9-19-7-2-1-3-8-19/h1-11,21,26H,12-18H2/b9-6+/t21-/m1/s1. The molecule has 1 aliphatic rings. The van der Waals surface area contributed by atoms with Crippen molar-refractivity contribution in [2.45, 2.75) is 19.0 Å². The molecule has 3 nitrogen and oxygen atoms in total. The first kappa shape index (κ1) is 18.8. The summed E-state index contributed by atoms with van der Waals surface area (Å²) in [4.78, 5) is 4.70. The Morgan fingerprint density at radius 2 is 1.81 bits per heavy atom. The minimum Gasteiger partial charge on any atom is -0.396 e. The molecule has 0 aliphatic carbocycles. The Bertz CT molecular complexity index is 704. The maximum absolute atomic E-state index is 14.0. The molecular weight excluding hydrogens is 327 g/mol. The van der Waals surface area contributed by atoms with Crippen LogP contribution in [0, 0.1) is 5.82 Å². The number of benzene rings is 2. The fraction of sp³-hybridized carbons (Fsp3) is 0.364. The lowest BCUT2D eigenvalue weighted by molar-refractivity contribution is 0.0589. The van der Waals surface area contributed by atoms with Crippen molar-refractivity contribution in [1.82, 2.24) is 9.80 Å². The van der Waals surface area contributed by atoms with Crippen molar-refractivity contribution in [3.05, 3.63) is 77.6 Å². The van der Waals surface area contributed by atoms with Gasteiger partial charge >= 0.3 is 0 Å². The fourth-order valence-corrected chi connectivity index (χ4v) is 3.50. The molecule has 0 spiro atoms. The predicted molar refractivity (Wildman–Crippen MR) is 104 cm³/mol. The van der Waals surface area contributed by atoms with E-state index >= 15 is 0 Å². The van der Waals surface area contributed by atoms with E-state index in [-0.39, 0.29) is 18.5 Å². The Hall–Kier alpha value is -2.01. The van der Waals surface area contributed by atoms with Crippen LogP contribution in [0.4, 0.5) is 4.39 Å². The van der Waals surface area contributed by atoms with E-state index in [1.54, 1.807) is 6.07 Å². The molecule has 138 valence electrons. The van der Waals surface area contributed by atoms with Crippen molar-refractivity contribution < 1.29 is 9.50 Å². The summed E-state index contributed by atoms with van der Waals surface area (Å²) in [5.74, 6) is -0.150. The van der Waals surface area contributed by atoms with Crippen LogP contribution in [-0.2, 0) is 6.54 Å². The normalized spacial score (nSPS) is 19.2. The van der Waals surface area contributed by atoms with E-state index in [0.717, 1.165) is 31.7 Å². The van der Waals surface area contributed by atoms with Gasteiger partial charge in [-0.25, -0.2) is 4.39 Å². The van der Waals surface area contributed by atoms with Crippen molar-refractivity contribution in [3.8, 4) is 0 Å². The second-order valence-electron chi connectivity index (χ2n) is 6.80. The summed E-state index contributed by atoms with van der Waals surface area (Å²) in [6, 6.07) is 17.5. The van der Waals surface area contributed by atoms with Crippen LogP contribution >= 0.6 is 0 Å². The molecule has 0 amide bonds. The first-order valence-corrected chi connectivity index (χ1v) is 9.28. The molecule has 0 saturated carbocycles. The first-order chi connectivity index (χ1) is 12.8. The Kier molecular flexibility index (Phi) is 6.95. The third kappa shape index (κ3) is 5.24. The summed E-state index contributed by atoms with van der Waals surface area (Å²) in [5, 5.41) is 9.43. The molecule has 1 aliphatic heterocycles. The zero-order valence-corrected chi connectivity index (χ0v) is 15.1. The third-order valence-electron chi connectivity index (χ3n) is 4.96. The van der Waals surface area contributed by atoms with Crippen LogP contribution in [-0.4, -0.2) is 53.7 Å². The van der Waals surface area contributed by atoms with Crippen molar-refractivity contribution in [2.24, 2.45) is 0 Å². The summed E-state index contributed by atoms with van der Waals surface area (Å²) >= 11 is 0. The molecule has 4 heteroatoms. The van der Waals surface area contributed by atoms with Gasteiger partial charge in [0, 0.05) is 50.9 Å². The molecule has 3 rings (SSSR count). The number of piperazine rings is 1. The van der Waals surface area contributed by atoms with Crippen molar-refractivity contribution in [1.29, 1.82) is 0 Å². The largest absolute Gasteiger partial charge is 0.396 e. The number of halogens is 1. The van der Waals surface area contributed by atoms with Crippen LogP contribution in [0.1, 0.15) is 17.5 Å². The Morgan fingerprint density at radius 3 is 2.58 bits per heavy atom. The second-order valence-corrected chi connectivity index (χ2v) is 6.80. The number of hydrogen-bond donors (Lipinski definition) is 1. The number of aliphatic hydroxyl groups excluding tert-OH is 1. The lowest BCUT2D eigenvalue weighted by atomic mass is 10.1. The highest BCUT2D eigenvalue weighted by Crippen LogP contribution is 2.18. The third-order valence-corrected chi connectivity index (χ3v) is 4.96. The molecular formula is C22H27FN2O. The van der Waals surface area contributed by atoms with Crippen LogP contribution in [0.25, 0.3) is 6.08 Å². The maximum Gasteiger partial charge on any atom is 0.127 e. The lowest BCUT2D eigenvalue weighted by Gasteiger charge is -2.41. The highest BCUT2D eigenvalue weighted by molar-refractivity contribution is 5.48. The maximum atomic E-state index is 14.0. The SMILES string of the molecule is OCC[C@@H]1CN(C/C=C/c2ccccc2)CCN1Cc1ccccc1F. The van der Waals surface area contributed by atoms with Crippen molar-refractivity contribution >= 4 is 6.08 Å². The van der Waals surface area contributed by atoms with Gasteiger partial charge in [-0.05, 0) is 18.1 Å². The molecule has 0 aromatic heterocycles. The van der Waals surface area contributed by atoms with Crippen LogP contribution in [0.3, 0.4) is 0 Å². The zero-order chi connectivity index (χ0) is 18.2. The molecule has 2 aromatic rings. The Balaban J connectivity index is 1.57. The fourth-order valence-electron chi connectivity index (χ4n) is 3.50. The molecule has 1 saturated heterocycles. The van der Waals surface area contributed by atoms with E-state index in [1.807, 2.05) is 30.3 Å². The van der Waals surface area contributed by atoms with E-state index in [1.165, 1.54) is 11.6 Å². The van der Waals surface area contributed by atoms with E-state index in [9.17, 15) is 9.50 Å². The smallest absolute Gasteiger partial charge is 0.127 e. The van der Waals surface area contributed by atoms with Gasteiger partial charge in [-0.1, -0.05) is 60.7 Å². The van der Waals surface area contributed by atoms with Crippen LogP contribution in [0.15, 0.2) is 60.7 Å². The molecule has 1 N–H and O–H groups in total. The average molecular weight is 354 g/mol. The van der Waals surface area contributed by atoms with Crippen molar-refractivity contribution in [3.63, 3.8) is 0 Å². The van der Waals surface area contributed by atoms with Crippen LogP contribution in [0.5, 0.6) is 0 Å². The van der Waals surface area contributed by atoms with Gasteiger partial charge in [0.05, 0.1) is 0 Å². The predicted octanol–water partition coefficient (Wildman–Crippen LogP) is 3.41. The molecule has 1 fully saturated rings. The van der Waals surface area contributed by atoms with Crippen LogP contribution < -0.4 is 0 Å². The van der Waals surface area contributed by atoms with Gasteiger partial charge in [-0.15, -0.1) is 0 Å². The lowest BCUT2D eigenvalue weighted by Crippen LogP contribution is -2.52. The number of nitrogens with zero attached hydrogens (tertiary/aromatic N) is 2. The summed E-state index contributed by atoms with van der Waals surface area (Å²) in [6.45, 7) is 4.39. The summed E-state index contributed by atoms with van der Waals surface area (Å²) in [6.07, 6.45) is 5.05. The number of aliphatic hydroxyl groups is 1. The van der Waals surface area contributed by atoms with E-state index in [4.69, 9.17) is 0 Å². The van der Waals surface area contributed by atoms with Gasteiger partial charge in [0.15, 0.2) is 0 Å². The quantitative estimate of drug-likeness (QED) is 0.825. The zero-order valence-electron chi connectivity index (χ0n) is 15.1. The Labute approximate surface area is 155 Å². The summed E-state index contributed by atoms with van der Waals surface area (Å²) in [5.41, 5.74) is 1.94. The average Bonchev–Trinajstić information content (AvgIpc) is 2.66. The molecule has 0 radical (unpaired) electrons. The molecule has 1 heterocycles. The van der Waals surface area contributed by atoms with Gasteiger partial charge in [0.2, 0.25) is 0 Å². The van der Waals surface area contributed by atoms with E-state index in [2.05, 4.69) is 34.1 Å². The molecule has 1 atom stereocenters. The van der Waals surface area contributed by atoms with E-state index in [0.29, 0.717) is 13.0 Å². The number of rotatable bonds is 7. The molecule has 0 unspecified atom stereocenters. The summed E-state index contributed by atoms with van der Waals surface area (Å²) < 4.78 is 14.0. The molecule has 0 bridgehead atoms. The van der Waals surface area contributed by atoms with Crippen molar-refractivity contribution in [2.75, 3.05) is 32.8 Å². The monoisotopic (exact) mass is 354 g/mol. The molecule has 2 aromatic carbocycles. The van der Waals surface area contributed by atoms with Gasteiger partial charge in [-0.2, -0.15) is 0 Å². The summed E-state index contributed by atoms with van der Waals surface area (Å²) in [7, 11) is 0. The van der Waals surface area contributed by atoms with E-state index < -0.39 is 0 Å². The minimum atomic E-state index is -0.150. The number of hydrogen-bond acceptors (Lipinski definition) is 3. The van der Waals surface area contributed by atoms with Gasteiger partial charge in [0.25, 0.3) is 0 Å². The highest BCUT2D eigenvalue weighted by atomic mass is 19.1.